The van der Waals surface area contributed by atoms with Crippen LogP contribution in [0.3, 0.4) is 0 Å². The predicted molar refractivity (Wildman–Crippen MR) is 113 cm³/mol. The lowest BCUT2D eigenvalue weighted by Crippen LogP contribution is -2.55. The molecule has 7 nitrogen and oxygen atoms in total. The quantitative estimate of drug-likeness (QED) is 0.517. The zero-order valence-corrected chi connectivity index (χ0v) is 18.0. The van der Waals surface area contributed by atoms with Crippen molar-refractivity contribution in [2.45, 2.75) is 31.2 Å². The predicted octanol–water partition coefficient (Wildman–Crippen LogP) is 3.26. The number of benzene rings is 1. The Hall–Kier alpha value is -2.03. The second-order valence-corrected chi connectivity index (χ2v) is 8.82. The highest BCUT2D eigenvalue weighted by Gasteiger charge is 2.35. The van der Waals surface area contributed by atoms with Crippen molar-refractivity contribution < 1.29 is 9.59 Å². The number of hydrazine groups is 1. The summed E-state index contributed by atoms with van der Waals surface area (Å²) in [5.41, 5.74) is 0.920. The Kier molecular flexibility index (Phi) is 6.12. The van der Waals surface area contributed by atoms with Gasteiger partial charge in [0.25, 0.3) is 0 Å². The van der Waals surface area contributed by atoms with Gasteiger partial charge in [-0.2, -0.15) is 0 Å². The maximum atomic E-state index is 12.6. The molecule has 2 aromatic rings. The topological polar surface area (TPSA) is 61.7 Å². The van der Waals surface area contributed by atoms with Crippen LogP contribution in [-0.2, 0) is 11.3 Å². The molecule has 2 aliphatic heterocycles. The Balaban J connectivity index is 1.20. The van der Waals surface area contributed by atoms with Crippen LogP contribution in [0.1, 0.15) is 24.4 Å². The lowest BCUT2D eigenvalue weighted by atomic mass is 10.2. The molecule has 1 fully saturated rings. The summed E-state index contributed by atoms with van der Waals surface area (Å²) in [6.45, 7) is 5.03. The fraction of sp³-hybridized carbons (Fsp3) is 0.450. The fourth-order valence-corrected chi connectivity index (χ4v) is 4.90. The molecule has 0 spiro atoms. The monoisotopic (exact) mass is 433 g/mol. The SMILES string of the molecule is Cc1ncc2n1C(=O)N(N1CCN(C(=O)CCCSc3cccc(Cl)c3)CC1)C2. The first-order chi connectivity index (χ1) is 14.0. The third kappa shape index (κ3) is 4.44. The average Bonchev–Trinajstić information content (AvgIpc) is 3.25. The molecule has 29 heavy (non-hydrogen) atoms. The number of aromatic nitrogens is 2. The van der Waals surface area contributed by atoms with E-state index in [2.05, 4.69) is 4.98 Å². The number of amides is 2. The molecule has 0 unspecified atom stereocenters. The van der Waals surface area contributed by atoms with E-state index in [1.807, 2.05) is 41.1 Å². The Bertz CT molecular complexity index is 910. The van der Waals surface area contributed by atoms with Gasteiger partial charge >= 0.3 is 6.03 Å². The number of rotatable bonds is 6. The van der Waals surface area contributed by atoms with Crippen LogP contribution >= 0.6 is 23.4 Å². The Morgan fingerprint density at radius 1 is 1.24 bits per heavy atom. The van der Waals surface area contributed by atoms with E-state index >= 15 is 0 Å². The smallest absolute Gasteiger partial charge is 0.340 e. The molecule has 2 amide bonds. The van der Waals surface area contributed by atoms with Gasteiger partial charge in [-0.1, -0.05) is 17.7 Å². The number of carbonyl (C=O) groups excluding carboxylic acids is 2. The normalized spacial score (nSPS) is 17.1. The lowest BCUT2D eigenvalue weighted by Gasteiger charge is -2.38. The number of hydrogen-bond donors (Lipinski definition) is 0. The van der Waals surface area contributed by atoms with Crippen LogP contribution in [0.2, 0.25) is 5.02 Å². The average molecular weight is 434 g/mol. The van der Waals surface area contributed by atoms with E-state index in [9.17, 15) is 9.59 Å². The van der Waals surface area contributed by atoms with E-state index in [4.69, 9.17) is 11.6 Å². The maximum absolute atomic E-state index is 12.6. The van der Waals surface area contributed by atoms with Gasteiger partial charge in [0.15, 0.2) is 0 Å². The van der Waals surface area contributed by atoms with Crippen molar-refractivity contribution >= 4 is 35.3 Å². The van der Waals surface area contributed by atoms with Crippen molar-refractivity contribution in [3.63, 3.8) is 0 Å². The van der Waals surface area contributed by atoms with Gasteiger partial charge in [0.1, 0.15) is 5.82 Å². The molecule has 3 heterocycles. The van der Waals surface area contributed by atoms with Crippen molar-refractivity contribution in [2.24, 2.45) is 0 Å². The van der Waals surface area contributed by atoms with Gasteiger partial charge in [-0.05, 0) is 37.3 Å². The zero-order valence-electron chi connectivity index (χ0n) is 16.4. The Morgan fingerprint density at radius 3 is 2.76 bits per heavy atom. The van der Waals surface area contributed by atoms with Crippen LogP contribution in [0.5, 0.6) is 0 Å². The van der Waals surface area contributed by atoms with Gasteiger partial charge in [-0.25, -0.2) is 19.4 Å². The van der Waals surface area contributed by atoms with E-state index in [0.29, 0.717) is 39.1 Å². The van der Waals surface area contributed by atoms with Crippen molar-refractivity contribution in [2.75, 3.05) is 31.9 Å². The third-order valence-corrected chi connectivity index (χ3v) is 6.60. The molecule has 0 atom stereocenters. The molecule has 0 radical (unpaired) electrons. The van der Waals surface area contributed by atoms with Gasteiger partial charge in [-0.3, -0.25) is 9.80 Å². The Labute approximate surface area is 179 Å². The summed E-state index contributed by atoms with van der Waals surface area (Å²) >= 11 is 7.72. The first kappa shape index (κ1) is 20.3. The fourth-order valence-electron chi connectivity index (χ4n) is 3.74. The minimum atomic E-state index is -0.0483. The third-order valence-electron chi connectivity index (χ3n) is 5.29. The van der Waals surface area contributed by atoms with E-state index < -0.39 is 0 Å². The van der Waals surface area contributed by atoms with Crippen molar-refractivity contribution in [3.8, 4) is 0 Å². The number of fused-ring (bicyclic) bond motifs is 1. The molecule has 1 aromatic heterocycles. The van der Waals surface area contributed by atoms with Crippen LogP contribution < -0.4 is 0 Å². The molecule has 0 aliphatic carbocycles. The number of halogens is 1. The summed E-state index contributed by atoms with van der Waals surface area (Å²) in [7, 11) is 0. The molecule has 4 rings (SSSR count). The highest BCUT2D eigenvalue weighted by Crippen LogP contribution is 2.23. The molecule has 0 bridgehead atoms. The Morgan fingerprint density at radius 2 is 2.03 bits per heavy atom. The highest BCUT2D eigenvalue weighted by atomic mass is 35.5. The number of hydrogen-bond acceptors (Lipinski definition) is 5. The summed E-state index contributed by atoms with van der Waals surface area (Å²) in [6.07, 6.45) is 3.14. The van der Waals surface area contributed by atoms with E-state index in [-0.39, 0.29) is 11.9 Å². The maximum Gasteiger partial charge on any atom is 0.344 e. The number of nitrogens with zero attached hydrogens (tertiary/aromatic N) is 5. The number of aryl methyl sites for hydroxylation is 1. The standard InChI is InChI=1S/C20H24ClN5O2S/c1-15-22-13-17-14-25(20(28)26(15)17)24-9-7-23(8-10-24)19(27)6-3-11-29-18-5-2-4-16(21)12-18/h2,4-5,12-13H,3,6-11,14H2,1H3. The van der Waals surface area contributed by atoms with Gasteiger partial charge < -0.3 is 4.90 Å². The molecule has 1 aromatic carbocycles. The van der Waals surface area contributed by atoms with E-state index in [0.717, 1.165) is 33.6 Å². The van der Waals surface area contributed by atoms with Crippen LogP contribution in [0, 0.1) is 6.92 Å². The first-order valence-electron chi connectivity index (χ1n) is 9.79. The lowest BCUT2D eigenvalue weighted by molar-refractivity contribution is -0.135. The molecule has 0 N–H and O–H groups in total. The molecule has 1 saturated heterocycles. The first-order valence-corrected chi connectivity index (χ1v) is 11.2. The van der Waals surface area contributed by atoms with Crippen LogP contribution in [-0.4, -0.2) is 68.3 Å². The minimum Gasteiger partial charge on any atom is -0.340 e. The van der Waals surface area contributed by atoms with Crippen LogP contribution in [0.15, 0.2) is 35.4 Å². The summed E-state index contributed by atoms with van der Waals surface area (Å²) in [5, 5.41) is 4.56. The molecular formula is C20H24ClN5O2S. The van der Waals surface area contributed by atoms with Crippen molar-refractivity contribution in [3.05, 3.63) is 47.0 Å². The highest BCUT2D eigenvalue weighted by molar-refractivity contribution is 7.99. The zero-order chi connectivity index (χ0) is 20.4. The molecular weight excluding hydrogens is 410 g/mol. The number of carbonyl (C=O) groups is 2. The summed E-state index contributed by atoms with van der Waals surface area (Å²) < 4.78 is 1.66. The van der Waals surface area contributed by atoms with Crippen molar-refractivity contribution in [1.29, 1.82) is 0 Å². The van der Waals surface area contributed by atoms with Crippen molar-refractivity contribution in [1.82, 2.24) is 24.5 Å². The molecule has 2 aliphatic rings. The summed E-state index contributed by atoms with van der Waals surface area (Å²) in [4.78, 5) is 32.4. The number of thioether (sulfide) groups is 1. The van der Waals surface area contributed by atoms with Crippen LogP contribution in [0.4, 0.5) is 4.79 Å². The second kappa shape index (κ2) is 8.77. The molecule has 9 heteroatoms. The van der Waals surface area contributed by atoms with E-state index in [1.54, 1.807) is 27.5 Å². The van der Waals surface area contributed by atoms with Gasteiger partial charge in [0.05, 0.1) is 18.4 Å². The molecule has 0 saturated carbocycles. The summed E-state index contributed by atoms with van der Waals surface area (Å²) in [6, 6.07) is 7.73. The summed E-state index contributed by atoms with van der Waals surface area (Å²) in [5.74, 6) is 1.80. The van der Waals surface area contributed by atoms with Gasteiger partial charge in [0.2, 0.25) is 5.91 Å². The second-order valence-electron chi connectivity index (χ2n) is 7.22. The van der Waals surface area contributed by atoms with Crippen LogP contribution in [0.25, 0.3) is 0 Å². The van der Waals surface area contributed by atoms with Gasteiger partial charge in [-0.15, -0.1) is 11.8 Å². The van der Waals surface area contributed by atoms with E-state index in [1.165, 1.54) is 0 Å². The number of imidazole rings is 1. The van der Waals surface area contributed by atoms with Gasteiger partial charge in [0, 0.05) is 42.5 Å². The number of piperazine rings is 1. The molecule has 154 valence electrons. The minimum absolute atomic E-state index is 0.0483. The largest absolute Gasteiger partial charge is 0.344 e.